The fourth-order valence-electron chi connectivity index (χ4n) is 1.69. The zero-order valence-electron chi connectivity index (χ0n) is 9.24. The monoisotopic (exact) mass is 253 g/mol. The van der Waals surface area contributed by atoms with Crippen molar-refractivity contribution in [2.24, 2.45) is 0 Å². The van der Waals surface area contributed by atoms with Crippen LogP contribution >= 0.6 is 0 Å². The topological polar surface area (TPSA) is 67.3 Å². The van der Waals surface area contributed by atoms with Crippen LogP contribution in [0.1, 0.15) is 12.8 Å². The molecule has 0 aromatic carbocycles. The second kappa shape index (κ2) is 4.93. The van der Waals surface area contributed by atoms with Gasteiger partial charge in [0.1, 0.15) is 0 Å². The lowest BCUT2D eigenvalue weighted by molar-refractivity contribution is -0.115. The number of ketones is 1. The van der Waals surface area contributed by atoms with Crippen LogP contribution in [-0.2, 0) is 14.8 Å². The summed E-state index contributed by atoms with van der Waals surface area (Å²) in [5.41, 5.74) is 0. The van der Waals surface area contributed by atoms with Crippen molar-refractivity contribution in [3.05, 3.63) is 30.8 Å². The van der Waals surface area contributed by atoms with Gasteiger partial charge in [-0.1, -0.05) is 6.07 Å². The molecule has 0 unspecified atom stereocenters. The van der Waals surface area contributed by atoms with Crippen LogP contribution in [0.15, 0.2) is 29.4 Å². The van der Waals surface area contributed by atoms with E-state index in [1.165, 1.54) is 16.6 Å². The van der Waals surface area contributed by atoms with Gasteiger partial charge in [-0.3, -0.25) is 4.79 Å². The third-order valence-electron chi connectivity index (χ3n) is 2.56. The maximum absolute atomic E-state index is 12.2. The average molecular weight is 253 g/mol. The Morgan fingerprint density at radius 3 is 2.82 bits per heavy atom. The molecule has 5 nitrogen and oxygen atoms in total. The molecule has 0 atom stereocenters. The Morgan fingerprint density at radius 2 is 2.12 bits per heavy atom. The lowest BCUT2D eigenvalue weighted by Gasteiger charge is -2.18. The van der Waals surface area contributed by atoms with E-state index >= 15 is 0 Å². The minimum atomic E-state index is -3.64. The Morgan fingerprint density at radius 1 is 1.29 bits per heavy atom. The highest BCUT2D eigenvalue weighted by Crippen LogP contribution is 2.16. The molecule has 0 saturated carbocycles. The molecule has 0 amide bonds. The van der Waals surface area contributed by atoms with Gasteiger partial charge in [0, 0.05) is 19.2 Å². The molecule has 0 N–H and O–H groups in total. The van der Waals surface area contributed by atoms with Gasteiger partial charge in [0.15, 0.2) is 10.8 Å². The summed E-state index contributed by atoms with van der Waals surface area (Å²) in [4.78, 5) is 15.2. The van der Waals surface area contributed by atoms with Crippen molar-refractivity contribution >= 4 is 15.8 Å². The van der Waals surface area contributed by atoms with Crippen LogP contribution in [0.25, 0.3) is 0 Å². The summed E-state index contributed by atoms with van der Waals surface area (Å²) < 4.78 is 25.6. The predicted octanol–water partition coefficient (Wildman–Crippen LogP) is 0.639. The second-order valence-corrected chi connectivity index (χ2v) is 5.70. The summed E-state index contributed by atoms with van der Waals surface area (Å²) >= 11 is 0. The van der Waals surface area contributed by atoms with Crippen LogP contribution in [0.2, 0.25) is 0 Å². The average Bonchev–Trinajstić information content (AvgIpc) is 2.55. The van der Waals surface area contributed by atoms with E-state index in [1.54, 1.807) is 18.6 Å². The first-order valence-corrected chi connectivity index (χ1v) is 6.82. The number of carbonyl (C=O) groups excluding carboxylic acids is 1. The SMILES string of the molecule is O=C1[CH]CCCN(S(=O)(=O)c2ccccn2)C1. The molecule has 17 heavy (non-hydrogen) atoms. The maximum atomic E-state index is 12.2. The summed E-state index contributed by atoms with van der Waals surface area (Å²) in [6, 6.07) is 4.71. The van der Waals surface area contributed by atoms with E-state index in [1.807, 2.05) is 0 Å². The van der Waals surface area contributed by atoms with E-state index in [-0.39, 0.29) is 17.4 Å². The quantitative estimate of drug-likeness (QED) is 0.775. The highest BCUT2D eigenvalue weighted by Gasteiger charge is 2.28. The maximum Gasteiger partial charge on any atom is 0.260 e. The normalized spacial score (nSPS) is 18.9. The van der Waals surface area contributed by atoms with Crippen molar-refractivity contribution in [1.29, 1.82) is 0 Å². The minimum absolute atomic E-state index is 0.00491. The van der Waals surface area contributed by atoms with Crippen molar-refractivity contribution in [1.82, 2.24) is 9.29 Å². The Kier molecular flexibility index (Phi) is 3.54. The standard InChI is InChI=1S/C11H13N2O3S/c14-10-5-2-4-8-13(9-10)17(15,16)11-6-1-3-7-12-11/h1,3,5-7H,2,4,8-9H2. The number of nitrogens with zero attached hydrogens (tertiary/aromatic N) is 2. The number of pyridine rings is 1. The van der Waals surface area contributed by atoms with Gasteiger partial charge < -0.3 is 0 Å². The van der Waals surface area contributed by atoms with Crippen molar-refractivity contribution in [2.75, 3.05) is 13.1 Å². The molecule has 1 aromatic heterocycles. The summed E-state index contributed by atoms with van der Waals surface area (Å²) in [5.74, 6) is -0.151. The first kappa shape index (κ1) is 12.2. The fourth-order valence-corrected chi connectivity index (χ4v) is 3.06. The van der Waals surface area contributed by atoms with E-state index in [0.29, 0.717) is 19.4 Å². The predicted molar refractivity (Wildman–Crippen MR) is 61.5 cm³/mol. The molecule has 1 aliphatic rings. The molecule has 2 heterocycles. The third-order valence-corrected chi connectivity index (χ3v) is 4.32. The molecule has 0 spiro atoms. The first-order valence-electron chi connectivity index (χ1n) is 5.38. The molecule has 1 aromatic rings. The smallest absolute Gasteiger partial charge is 0.260 e. The van der Waals surface area contributed by atoms with Crippen LogP contribution < -0.4 is 0 Å². The number of aromatic nitrogens is 1. The molecule has 1 aliphatic heterocycles. The largest absolute Gasteiger partial charge is 0.298 e. The number of rotatable bonds is 2. The number of sulfonamides is 1. The van der Waals surface area contributed by atoms with Gasteiger partial charge in [0.25, 0.3) is 10.0 Å². The summed E-state index contributed by atoms with van der Waals surface area (Å²) in [7, 11) is -3.64. The van der Waals surface area contributed by atoms with Gasteiger partial charge in [0.05, 0.1) is 6.54 Å². The Labute approximate surface area is 101 Å². The van der Waals surface area contributed by atoms with Crippen molar-refractivity contribution < 1.29 is 13.2 Å². The lowest BCUT2D eigenvalue weighted by atomic mass is 10.2. The molecule has 1 fully saturated rings. The Hall–Kier alpha value is -1.27. The molecule has 0 aliphatic carbocycles. The van der Waals surface area contributed by atoms with Gasteiger partial charge >= 0.3 is 0 Å². The van der Waals surface area contributed by atoms with Crippen molar-refractivity contribution in [3.8, 4) is 0 Å². The zero-order valence-corrected chi connectivity index (χ0v) is 10.1. The van der Waals surface area contributed by atoms with Gasteiger partial charge in [0.2, 0.25) is 0 Å². The number of hydrogen-bond acceptors (Lipinski definition) is 4. The van der Waals surface area contributed by atoms with Crippen LogP contribution in [-0.4, -0.2) is 36.6 Å². The highest BCUT2D eigenvalue weighted by atomic mass is 32.2. The van der Waals surface area contributed by atoms with Gasteiger partial charge in [-0.25, -0.2) is 13.4 Å². The molecule has 1 radical (unpaired) electrons. The molecular weight excluding hydrogens is 240 g/mol. The summed E-state index contributed by atoms with van der Waals surface area (Å²) in [5, 5.41) is -0.00491. The number of Topliss-reactive ketones (excluding diaryl/α,β-unsaturated/α-hetero) is 1. The van der Waals surface area contributed by atoms with Crippen LogP contribution in [0, 0.1) is 6.42 Å². The van der Waals surface area contributed by atoms with Crippen LogP contribution in [0.5, 0.6) is 0 Å². The minimum Gasteiger partial charge on any atom is -0.298 e. The Balaban J connectivity index is 2.29. The van der Waals surface area contributed by atoms with E-state index in [9.17, 15) is 13.2 Å². The summed E-state index contributed by atoms with van der Waals surface area (Å²) in [6.45, 7) is 0.278. The number of hydrogen-bond donors (Lipinski definition) is 0. The number of carbonyl (C=O) groups is 1. The van der Waals surface area contributed by atoms with Crippen LogP contribution in [0.3, 0.4) is 0 Å². The molecule has 2 rings (SSSR count). The van der Waals surface area contributed by atoms with E-state index < -0.39 is 10.0 Å². The van der Waals surface area contributed by atoms with Gasteiger partial charge in [-0.05, 0) is 25.0 Å². The van der Waals surface area contributed by atoms with E-state index in [0.717, 1.165) is 0 Å². The van der Waals surface area contributed by atoms with Crippen molar-refractivity contribution in [2.45, 2.75) is 17.9 Å². The van der Waals surface area contributed by atoms with Crippen LogP contribution in [0.4, 0.5) is 0 Å². The molecule has 1 saturated heterocycles. The third kappa shape index (κ3) is 2.70. The molecule has 6 heteroatoms. The molecular formula is C11H13N2O3S. The first-order chi connectivity index (χ1) is 8.10. The van der Waals surface area contributed by atoms with Crippen molar-refractivity contribution in [3.63, 3.8) is 0 Å². The molecule has 0 bridgehead atoms. The molecule has 91 valence electrons. The lowest BCUT2D eigenvalue weighted by Crippen LogP contribution is -2.35. The zero-order chi connectivity index (χ0) is 12.3. The van der Waals surface area contributed by atoms with Gasteiger partial charge in [-0.15, -0.1) is 0 Å². The second-order valence-electron chi connectivity index (χ2n) is 3.82. The Bertz CT molecular complexity index is 499. The summed E-state index contributed by atoms with van der Waals surface area (Å²) in [6.07, 6.45) is 4.28. The fraction of sp³-hybridized carbons (Fsp3) is 0.364. The van der Waals surface area contributed by atoms with E-state index in [2.05, 4.69) is 4.98 Å². The van der Waals surface area contributed by atoms with Gasteiger partial charge in [-0.2, -0.15) is 4.31 Å². The van der Waals surface area contributed by atoms with E-state index in [4.69, 9.17) is 0 Å². The highest BCUT2D eigenvalue weighted by molar-refractivity contribution is 7.89.